The Morgan fingerprint density at radius 1 is 0.630 bits per heavy atom. The van der Waals surface area contributed by atoms with Crippen molar-refractivity contribution in [1.29, 1.82) is 0 Å². The third-order valence-electron chi connectivity index (χ3n) is 4.73. The predicted molar refractivity (Wildman–Crippen MR) is 112 cm³/mol. The molecule has 0 bridgehead atoms. The first-order chi connectivity index (χ1) is 12.8. The highest BCUT2D eigenvalue weighted by Crippen LogP contribution is 2.13. The van der Waals surface area contributed by atoms with Crippen molar-refractivity contribution in [2.24, 2.45) is 17.8 Å². The molecule has 0 aromatic heterocycles. The number of carbonyl (C=O) groups excluding carboxylic acids is 2. The second-order valence-electron chi connectivity index (χ2n) is 8.78. The molecule has 1 atom stereocenters. The van der Waals surface area contributed by atoms with Crippen molar-refractivity contribution < 1.29 is 19.1 Å². The Balaban J connectivity index is 3.55. The molecule has 4 nitrogen and oxygen atoms in total. The topological polar surface area (TPSA) is 52.6 Å². The van der Waals surface area contributed by atoms with Crippen molar-refractivity contribution in [2.75, 3.05) is 13.2 Å². The second kappa shape index (κ2) is 17.1. The highest BCUT2D eigenvalue weighted by molar-refractivity contribution is 5.70. The minimum atomic E-state index is -0.149. The summed E-state index contributed by atoms with van der Waals surface area (Å²) in [6.45, 7) is 11.9. The lowest BCUT2D eigenvalue weighted by Crippen LogP contribution is -2.13. The maximum absolute atomic E-state index is 11.8. The van der Waals surface area contributed by atoms with Crippen LogP contribution in [0.25, 0.3) is 0 Å². The first-order valence-electron chi connectivity index (χ1n) is 11.1. The van der Waals surface area contributed by atoms with E-state index in [0.717, 1.165) is 37.5 Å². The molecule has 0 N–H and O–H groups in total. The van der Waals surface area contributed by atoms with E-state index in [4.69, 9.17) is 9.47 Å². The number of rotatable bonds is 17. The zero-order valence-corrected chi connectivity index (χ0v) is 18.6. The van der Waals surface area contributed by atoms with Gasteiger partial charge in [0.2, 0.25) is 0 Å². The molecule has 0 heterocycles. The van der Waals surface area contributed by atoms with Crippen LogP contribution < -0.4 is 0 Å². The third-order valence-corrected chi connectivity index (χ3v) is 4.73. The molecule has 0 fully saturated rings. The summed E-state index contributed by atoms with van der Waals surface area (Å²) < 4.78 is 10.6. The maximum Gasteiger partial charge on any atom is 0.306 e. The van der Waals surface area contributed by atoms with E-state index in [1.807, 2.05) is 6.92 Å². The zero-order valence-electron chi connectivity index (χ0n) is 18.6. The molecule has 0 aliphatic heterocycles. The molecule has 0 spiro atoms. The molecule has 27 heavy (non-hydrogen) atoms. The minimum Gasteiger partial charge on any atom is -0.466 e. The number of hydrogen-bond donors (Lipinski definition) is 0. The van der Waals surface area contributed by atoms with Gasteiger partial charge in [-0.15, -0.1) is 0 Å². The fourth-order valence-corrected chi connectivity index (χ4v) is 2.92. The van der Waals surface area contributed by atoms with E-state index in [9.17, 15) is 9.59 Å². The van der Waals surface area contributed by atoms with Gasteiger partial charge in [-0.2, -0.15) is 0 Å². The number of carbonyl (C=O) groups is 2. The monoisotopic (exact) mass is 384 g/mol. The van der Waals surface area contributed by atoms with Gasteiger partial charge in [0.1, 0.15) is 0 Å². The number of ether oxygens (including phenoxy) is 2. The Labute approximate surface area is 167 Å². The van der Waals surface area contributed by atoms with Gasteiger partial charge in [-0.1, -0.05) is 73.1 Å². The van der Waals surface area contributed by atoms with Crippen LogP contribution in [0.1, 0.15) is 105 Å². The third kappa shape index (κ3) is 19.5. The summed E-state index contributed by atoms with van der Waals surface area (Å²) in [4.78, 5) is 23.6. The Hall–Kier alpha value is -1.06. The molecule has 0 rings (SSSR count). The average molecular weight is 385 g/mol. The van der Waals surface area contributed by atoms with Gasteiger partial charge in [0.05, 0.1) is 13.2 Å². The Bertz CT molecular complexity index is 377. The molecule has 0 aliphatic carbocycles. The molecule has 4 heteroatoms. The van der Waals surface area contributed by atoms with E-state index in [0.29, 0.717) is 32.5 Å². The molecular weight excluding hydrogens is 340 g/mol. The van der Waals surface area contributed by atoms with E-state index in [2.05, 4.69) is 27.7 Å². The lowest BCUT2D eigenvalue weighted by molar-refractivity contribution is -0.147. The quantitative estimate of drug-likeness (QED) is 0.218. The number of unbranched alkanes of at least 4 members (excludes halogenated alkanes) is 4. The van der Waals surface area contributed by atoms with Gasteiger partial charge in [-0.3, -0.25) is 9.59 Å². The van der Waals surface area contributed by atoms with Gasteiger partial charge < -0.3 is 9.47 Å². The van der Waals surface area contributed by atoms with Crippen molar-refractivity contribution in [2.45, 2.75) is 105 Å². The largest absolute Gasteiger partial charge is 0.466 e. The molecule has 0 aromatic rings. The molecule has 0 saturated heterocycles. The van der Waals surface area contributed by atoms with Crippen LogP contribution >= 0.6 is 0 Å². The van der Waals surface area contributed by atoms with Crippen LogP contribution in [0, 0.1) is 17.8 Å². The minimum absolute atomic E-state index is 0.148. The summed E-state index contributed by atoms with van der Waals surface area (Å²) in [7, 11) is 0. The van der Waals surface area contributed by atoms with Crippen LogP contribution in [0.5, 0.6) is 0 Å². The van der Waals surface area contributed by atoms with Crippen LogP contribution in [-0.2, 0) is 19.1 Å². The van der Waals surface area contributed by atoms with E-state index in [-0.39, 0.29) is 17.9 Å². The van der Waals surface area contributed by atoms with Crippen LogP contribution in [0.15, 0.2) is 0 Å². The maximum atomic E-state index is 11.8. The van der Waals surface area contributed by atoms with E-state index in [1.165, 1.54) is 25.7 Å². The van der Waals surface area contributed by atoms with Gasteiger partial charge in [0.15, 0.2) is 0 Å². The van der Waals surface area contributed by atoms with E-state index in [1.54, 1.807) is 0 Å². The van der Waals surface area contributed by atoms with Gasteiger partial charge in [0.25, 0.3) is 0 Å². The molecule has 0 radical (unpaired) electrons. The molecule has 1 unspecified atom stereocenters. The number of esters is 2. The van der Waals surface area contributed by atoms with Crippen LogP contribution in [0.3, 0.4) is 0 Å². The van der Waals surface area contributed by atoms with E-state index >= 15 is 0 Å². The van der Waals surface area contributed by atoms with Crippen molar-refractivity contribution in [3.8, 4) is 0 Å². The molecule has 0 saturated carbocycles. The fourth-order valence-electron chi connectivity index (χ4n) is 2.92. The van der Waals surface area contributed by atoms with Crippen molar-refractivity contribution in [1.82, 2.24) is 0 Å². The smallest absolute Gasteiger partial charge is 0.306 e. The first kappa shape index (κ1) is 25.9. The second-order valence-corrected chi connectivity index (χ2v) is 8.78. The molecule has 0 aliphatic rings. The average Bonchev–Trinajstić information content (AvgIpc) is 2.58. The summed E-state index contributed by atoms with van der Waals surface area (Å²) in [6, 6.07) is 0. The van der Waals surface area contributed by atoms with Gasteiger partial charge in [-0.05, 0) is 37.0 Å². The fraction of sp³-hybridized carbons (Fsp3) is 0.913. The summed E-state index contributed by atoms with van der Waals surface area (Å²) in [6.07, 6.45) is 10.4. The Morgan fingerprint density at radius 3 is 1.59 bits per heavy atom. The summed E-state index contributed by atoms with van der Waals surface area (Å²) in [5.74, 6) is 1.33. The van der Waals surface area contributed by atoms with Gasteiger partial charge >= 0.3 is 11.9 Å². The highest BCUT2D eigenvalue weighted by Gasteiger charge is 2.13. The highest BCUT2D eigenvalue weighted by atomic mass is 16.5. The first-order valence-corrected chi connectivity index (χ1v) is 11.1. The molecule has 0 aromatic carbocycles. The summed E-state index contributed by atoms with van der Waals surface area (Å²) in [5, 5.41) is 0. The van der Waals surface area contributed by atoms with Crippen LogP contribution in [0.4, 0.5) is 0 Å². The van der Waals surface area contributed by atoms with Crippen LogP contribution in [0.2, 0.25) is 0 Å². The SMILES string of the molecule is CC(C)CCCCCOC(=O)CCC(C)CC(=O)OCCCCCC(C)C. The normalized spacial score (nSPS) is 12.4. The van der Waals surface area contributed by atoms with Gasteiger partial charge in [-0.25, -0.2) is 0 Å². The Kier molecular flexibility index (Phi) is 16.4. The zero-order chi connectivity index (χ0) is 20.5. The lowest BCUT2D eigenvalue weighted by atomic mass is 10.0. The molecular formula is C23H44O4. The van der Waals surface area contributed by atoms with Crippen molar-refractivity contribution in [3.05, 3.63) is 0 Å². The number of hydrogen-bond acceptors (Lipinski definition) is 4. The summed E-state index contributed by atoms with van der Waals surface area (Å²) in [5.41, 5.74) is 0. The standard InChI is InChI=1S/C23H44O4/c1-19(2)12-8-6-10-16-26-22(24)15-14-21(5)18-23(25)27-17-11-7-9-13-20(3)4/h19-21H,6-18H2,1-5H3. The van der Waals surface area contributed by atoms with Crippen LogP contribution in [-0.4, -0.2) is 25.2 Å². The van der Waals surface area contributed by atoms with Crippen molar-refractivity contribution >= 4 is 11.9 Å². The van der Waals surface area contributed by atoms with Crippen molar-refractivity contribution in [3.63, 3.8) is 0 Å². The molecule has 160 valence electrons. The van der Waals surface area contributed by atoms with Gasteiger partial charge in [0, 0.05) is 12.8 Å². The predicted octanol–water partition coefficient (Wildman–Crippen LogP) is 6.31. The van der Waals surface area contributed by atoms with E-state index < -0.39 is 0 Å². The molecule has 0 amide bonds. The lowest BCUT2D eigenvalue weighted by Gasteiger charge is -2.11. The summed E-state index contributed by atoms with van der Waals surface area (Å²) >= 11 is 0. The Morgan fingerprint density at radius 2 is 1.11 bits per heavy atom.